The molecule has 0 spiro atoms. The van der Waals surface area contributed by atoms with Crippen LogP contribution in [0.1, 0.15) is 6.42 Å². The Morgan fingerprint density at radius 3 is 3.11 bits per heavy atom. The van der Waals surface area contributed by atoms with E-state index in [2.05, 4.69) is 31.9 Å². The highest BCUT2D eigenvalue weighted by molar-refractivity contribution is 14.2. The van der Waals surface area contributed by atoms with Crippen LogP contribution in [0.2, 0.25) is 5.15 Å². The summed E-state index contributed by atoms with van der Waals surface area (Å²) >= 11 is 8.33. The number of rotatable bonds is 2. The molecule has 5 nitrogen and oxygen atoms in total. The Morgan fingerprint density at radius 1 is 1.53 bits per heavy atom. The Labute approximate surface area is 130 Å². The van der Waals surface area contributed by atoms with Gasteiger partial charge in [-0.2, -0.15) is 0 Å². The number of aromatic nitrogens is 3. The van der Waals surface area contributed by atoms with Crippen molar-refractivity contribution >= 4 is 56.7 Å². The summed E-state index contributed by atoms with van der Waals surface area (Å²) in [7, 11) is 0. The molecule has 2 saturated heterocycles. The van der Waals surface area contributed by atoms with Crippen molar-refractivity contribution in [2.75, 3.05) is 18.1 Å². The number of nitrogens with zero attached hydrogens (tertiary/aromatic N) is 4. The number of pyridine rings is 1. The quantitative estimate of drug-likeness (QED) is 0.435. The first-order valence-electron chi connectivity index (χ1n) is 6.05. The van der Waals surface area contributed by atoms with Gasteiger partial charge in [-0.15, -0.1) is 5.10 Å². The van der Waals surface area contributed by atoms with Gasteiger partial charge in [-0.25, -0.2) is 9.44 Å². The molecule has 2 fully saturated rings. The summed E-state index contributed by atoms with van der Waals surface area (Å²) < 4.78 is 7.66. The van der Waals surface area contributed by atoms with Crippen molar-refractivity contribution < 1.29 is 4.74 Å². The van der Waals surface area contributed by atoms with Crippen molar-refractivity contribution in [2.45, 2.75) is 18.6 Å². The van der Waals surface area contributed by atoms with Crippen molar-refractivity contribution in [3.8, 4) is 0 Å². The van der Waals surface area contributed by atoms with Crippen LogP contribution in [0.15, 0.2) is 12.3 Å². The standard InChI is InChI=1S/C11H11ClIN4OP/c12-10-2-9-8(3-14-10)11(15-17(9)19-13)16-4-7-1-6(16)5-18-7/h2-3,6-7,19H,1,4-5H2. The van der Waals surface area contributed by atoms with Crippen molar-refractivity contribution in [3.05, 3.63) is 17.4 Å². The van der Waals surface area contributed by atoms with Gasteiger partial charge in [0.15, 0.2) is 5.82 Å². The fourth-order valence-electron chi connectivity index (χ4n) is 2.91. The lowest BCUT2D eigenvalue weighted by Gasteiger charge is -2.26. The lowest BCUT2D eigenvalue weighted by atomic mass is 10.2. The van der Waals surface area contributed by atoms with Crippen LogP contribution in [0.3, 0.4) is 0 Å². The van der Waals surface area contributed by atoms with E-state index in [0.717, 1.165) is 36.3 Å². The predicted octanol–water partition coefficient (Wildman–Crippen LogP) is 2.85. The van der Waals surface area contributed by atoms with Crippen LogP contribution >= 0.6 is 40.0 Å². The van der Waals surface area contributed by atoms with Gasteiger partial charge in [-0.3, -0.25) is 0 Å². The first kappa shape index (κ1) is 12.6. The molecule has 2 aliphatic heterocycles. The molecule has 19 heavy (non-hydrogen) atoms. The Morgan fingerprint density at radius 2 is 2.42 bits per heavy atom. The maximum atomic E-state index is 5.99. The molecule has 8 heteroatoms. The van der Waals surface area contributed by atoms with E-state index in [4.69, 9.17) is 21.4 Å². The molecule has 3 unspecified atom stereocenters. The van der Waals surface area contributed by atoms with Crippen LogP contribution in [-0.4, -0.2) is 39.8 Å². The SMILES string of the molecule is Clc1cc2c(cn1)c(N1CC3CC1CO3)nn2PI. The molecule has 0 radical (unpaired) electrons. The molecular formula is C11H11ClIN4OP. The maximum Gasteiger partial charge on any atom is 0.160 e. The summed E-state index contributed by atoms with van der Waals surface area (Å²) in [6, 6.07) is 2.36. The van der Waals surface area contributed by atoms with E-state index in [0.29, 0.717) is 23.7 Å². The van der Waals surface area contributed by atoms with Gasteiger partial charge < -0.3 is 9.64 Å². The number of morpholine rings is 1. The topological polar surface area (TPSA) is 43.2 Å². The molecule has 3 atom stereocenters. The minimum absolute atomic E-state index is 0.368. The van der Waals surface area contributed by atoms with Gasteiger partial charge in [-0.1, -0.05) is 11.6 Å². The van der Waals surface area contributed by atoms with E-state index < -0.39 is 0 Å². The van der Waals surface area contributed by atoms with Gasteiger partial charge in [0.1, 0.15) is 5.15 Å². The molecule has 4 heterocycles. The molecule has 0 N–H and O–H groups in total. The number of anilines is 1. The summed E-state index contributed by atoms with van der Waals surface area (Å²) in [6.45, 7) is 1.75. The monoisotopic (exact) mass is 408 g/mol. The molecule has 2 aromatic rings. The number of hydrogen-bond acceptors (Lipinski definition) is 4. The second-order valence-electron chi connectivity index (χ2n) is 4.84. The Balaban J connectivity index is 1.86. The zero-order valence-electron chi connectivity index (χ0n) is 9.88. The van der Waals surface area contributed by atoms with Crippen molar-refractivity contribution in [3.63, 3.8) is 0 Å². The minimum atomic E-state index is 0.368. The number of hydrogen-bond donors (Lipinski definition) is 0. The van der Waals surface area contributed by atoms with E-state index in [1.807, 2.05) is 16.7 Å². The predicted molar refractivity (Wildman–Crippen MR) is 85.8 cm³/mol. The van der Waals surface area contributed by atoms with E-state index in [-0.39, 0.29) is 0 Å². The van der Waals surface area contributed by atoms with Crippen LogP contribution in [0, 0.1) is 0 Å². The highest BCUT2D eigenvalue weighted by atomic mass is 127. The van der Waals surface area contributed by atoms with E-state index in [9.17, 15) is 0 Å². The van der Waals surface area contributed by atoms with Gasteiger partial charge >= 0.3 is 0 Å². The van der Waals surface area contributed by atoms with Gasteiger partial charge in [0, 0.05) is 18.8 Å². The van der Waals surface area contributed by atoms with Gasteiger partial charge in [0.25, 0.3) is 0 Å². The molecule has 4 rings (SSSR count). The number of halogens is 2. The third kappa shape index (κ3) is 1.95. The molecule has 0 saturated carbocycles. The maximum absolute atomic E-state index is 5.99. The summed E-state index contributed by atoms with van der Waals surface area (Å²) in [5.74, 6) is 1.03. The molecule has 2 bridgehead atoms. The highest BCUT2D eigenvalue weighted by Gasteiger charge is 2.40. The lowest BCUT2D eigenvalue weighted by molar-refractivity contribution is 0.0989. The molecule has 0 aliphatic carbocycles. The molecule has 0 amide bonds. The molecule has 0 aromatic carbocycles. The summed E-state index contributed by atoms with van der Waals surface area (Å²) in [4.78, 5) is 6.56. The van der Waals surface area contributed by atoms with Crippen molar-refractivity contribution in [2.24, 2.45) is 0 Å². The summed E-state index contributed by atoms with van der Waals surface area (Å²) in [5.41, 5.74) is 1.06. The van der Waals surface area contributed by atoms with Crippen LogP contribution in [0.5, 0.6) is 0 Å². The van der Waals surface area contributed by atoms with Crippen molar-refractivity contribution in [1.29, 1.82) is 0 Å². The first-order valence-corrected chi connectivity index (χ1v) is 10.5. The molecule has 2 aliphatic rings. The smallest absolute Gasteiger partial charge is 0.160 e. The van der Waals surface area contributed by atoms with Crippen LogP contribution in [-0.2, 0) is 4.74 Å². The zero-order chi connectivity index (χ0) is 13.0. The second-order valence-corrected chi connectivity index (χ2v) is 7.27. The summed E-state index contributed by atoms with van der Waals surface area (Å²) in [5, 5.41) is 6.34. The molecule has 100 valence electrons. The summed E-state index contributed by atoms with van der Waals surface area (Å²) in [6.07, 6.45) is 3.87. The lowest BCUT2D eigenvalue weighted by Crippen LogP contribution is -2.37. The largest absolute Gasteiger partial charge is 0.374 e. The first-order chi connectivity index (χ1) is 9.26. The fourth-order valence-corrected chi connectivity index (χ4v) is 4.57. The highest BCUT2D eigenvalue weighted by Crippen LogP contribution is 2.39. The number of fused-ring (bicyclic) bond motifs is 3. The minimum Gasteiger partial charge on any atom is -0.374 e. The average molecular weight is 409 g/mol. The third-order valence-corrected chi connectivity index (χ3v) is 5.84. The van der Waals surface area contributed by atoms with Crippen LogP contribution in [0.25, 0.3) is 10.9 Å². The van der Waals surface area contributed by atoms with Gasteiger partial charge in [-0.05, 0) is 28.5 Å². The normalized spacial score (nSPS) is 26.3. The van der Waals surface area contributed by atoms with Crippen LogP contribution in [0.4, 0.5) is 5.82 Å². The zero-order valence-corrected chi connectivity index (χ0v) is 13.8. The van der Waals surface area contributed by atoms with E-state index >= 15 is 0 Å². The second kappa shape index (κ2) is 4.69. The molecule has 2 aromatic heterocycles. The Hall–Kier alpha value is -0.170. The fraction of sp³-hybridized carbons (Fsp3) is 0.455. The van der Waals surface area contributed by atoms with E-state index in [1.54, 1.807) is 0 Å². The van der Waals surface area contributed by atoms with Crippen molar-refractivity contribution in [1.82, 2.24) is 14.5 Å². The molecular weight excluding hydrogens is 397 g/mol. The third-order valence-electron chi connectivity index (χ3n) is 3.77. The van der Waals surface area contributed by atoms with Gasteiger partial charge in [0.05, 0.1) is 36.0 Å². The Kier molecular flexibility index (Phi) is 3.10. The Bertz CT molecular complexity index is 651. The number of ether oxygens (including phenoxy) is 1. The van der Waals surface area contributed by atoms with E-state index in [1.165, 1.54) is 0 Å². The van der Waals surface area contributed by atoms with Crippen LogP contribution < -0.4 is 4.90 Å². The van der Waals surface area contributed by atoms with Gasteiger partial charge in [0.2, 0.25) is 0 Å². The average Bonchev–Trinajstić information content (AvgIpc) is 3.10.